The number of carbonyl (C=O) groups excluding carboxylic acids is 2. The van der Waals surface area contributed by atoms with Gasteiger partial charge in [-0.15, -0.1) is 10.2 Å². The fourth-order valence-corrected chi connectivity index (χ4v) is 3.48. The van der Waals surface area contributed by atoms with Gasteiger partial charge in [0.2, 0.25) is 11.8 Å². The predicted octanol–water partition coefficient (Wildman–Crippen LogP) is 1.04. The van der Waals surface area contributed by atoms with Crippen LogP contribution in [0.2, 0.25) is 0 Å². The minimum atomic E-state index is -0.0911. The summed E-state index contributed by atoms with van der Waals surface area (Å²) in [6.45, 7) is 1.89. The summed E-state index contributed by atoms with van der Waals surface area (Å²) in [6.07, 6.45) is 6.35. The van der Waals surface area contributed by atoms with E-state index in [9.17, 15) is 9.59 Å². The van der Waals surface area contributed by atoms with Crippen molar-refractivity contribution in [1.29, 1.82) is 0 Å². The number of hydrogen-bond acceptors (Lipinski definition) is 4. The van der Waals surface area contributed by atoms with Crippen molar-refractivity contribution in [2.75, 3.05) is 19.6 Å². The van der Waals surface area contributed by atoms with E-state index >= 15 is 0 Å². The molecular weight excluding hydrogens is 318 g/mol. The van der Waals surface area contributed by atoms with Gasteiger partial charge in [0, 0.05) is 38.2 Å². The third-order valence-corrected chi connectivity index (χ3v) is 5.06. The second-order valence-electron chi connectivity index (χ2n) is 6.98. The summed E-state index contributed by atoms with van der Waals surface area (Å²) in [5.41, 5.74) is 0.810. The van der Waals surface area contributed by atoms with E-state index in [1.54, 1.807) is 0 Å². The molecule has 2 aromatic heterocycles. The first kappa shape index (κ1) is 16.1. The summed E-state index contributed by atoms with van der Waals surface area (Å²) in [6, 6.07) is 5.77. The van der Waals surface area contributed by atoms with Crippen LogP contribution in [0.5, 0.6) is 0 Å². The number of fused-ring (bicyclic) bond motifs is 1. The monoisotopic (exact) mass is 341 g/mol. The lowest BCUT2D eigenvalue weighted by molar-refractivity contribution is -0.136. The van der Waals surface area contributed by atoms with E-state index in [-0.39, 0.29) is 23.7 Å². The van der Waals surface area contributed by atoms with E-state index in [1.807, 2.05) is 33.7 Å². The Morgan fingerprint density at radius 2 is 2.04 bits per heavy atom. The largest absolute Gasteiger partial charge is 0.355 e. The summed E-state index contributed by atoms with van der Waals surface area (Å²) in [7, 11) is 0. The zero-order chi connectivity index (χ0) is 17.2. The molecule has 7 heteroatoms. The smallest absolute Gasteiger partial charge is 0.225 e. The molecule has 2 amide bonds. The van der Waals surface area contributed by atoms with E-state index in [0.29, 0.717) is 19.5 Å². The molecular formula is C18H23N5O2. The van der Waals surface area contributed by atoms with Gasteiger partial charge in [-0.3, -0.25) is 14.0 Å². The first-order valence-corrected chi connectivity index (χ1v) is 9.07. The molecule has 0 radical (unpaired) electrons. The Kier molecular flexibility index (Phi) is 4.38. The van der Waals surface area contributed by atoms with Crippen LogP contribution >= 0.6 is 0 Å². The lowest BCUT2D eigenvalue weighted by Gasteiger charge is -2.32. The highest BCUT2D eigenvalue weighted by molar-refractivity contribution is 5.83. The number of likely N-dealkylation sites (tertiary alicyclic amines) is 1. The Morgan fingerprint density at radius 1 is 1.16 bits per heavy atom. The van der Waals surface area contributed by atoms with Gasteiger partial charge in [0.15, 0.2) is 5.65 Å². The van der Waals surface area contributed by atoms with E-state index in [0.717, 1.165) is 43.7 Å². The van der Waals surface area contributed by atoms with Crippen LogP contribution in [0.25, 0.3) is 5.65 Å². The highest BCUT2D eigenvalue weighted by atomic mass is 16.2. The minimum absolute atomic E-state index is 0.0436. The Hall–Kier alpha value is -2.44. The number of pyridine rings is 1. The Balaban J connectivity index is 1.29. The molecule has 0 spiro atoms. The highest BCUT2D eigenvalue weighted by Crippen LogP contribution is 2.32. The van der Waals surface area contributed by atoms with Gasteiger partial charge >= 0.3 is 0 Å². The van der Waals surface area contributed by atoms with Gasteiger partial charge in [0.25, 0.3) is 0 Å². The van der Waals surface area contributed by atoms with E-state index < -0.39 is 0 Å². The molecule has 3 heterocycles. The molecule has 1 atom stereocenters. The Bertz CT molecular complexity index is 783. The van der Waals surface area contributed by atoms with Gasteiger partial charge in [0.1, 0.15) is 5.82 Å². The number of rotatable bonds is 5. The van der Waals surface area contributed by atoms with Crippen molar-refractivity contribution in [3.05, 3.63) is 30.2 Å². The van der Waals surface area contributed by atoms with E-state index in [4.69, 9.17) is 0 Å². The van der Waals surface area contributed by atoms with E-state index in [1.165, 1.54) is 0 Å². The molecule has 7 nitrogen and oxygen atoms in total. The lowest BCUT2D eigenvalue weighted by atomic mass is 9.96. The molecule has 25 heavy (non-hydrogen) atoms. The summed E-state index contributed by atoms with van der Waals surface area (Å²) < 4.78 is 1.93. The SMILES string of the molecule is O=C(NCCc1nnc2ccccn12)[C@H]1CCCN(C(=O)C2CC2)C1. The van der Waals surface area contributed by atoms with Crippen molar-refractivity contribution in [2.45, 2.75) is 32.1 Å². The first-order valence-electron chi connectivity index (χ1n) is 9.07. The van der Waals surface area contributed by atoms with Crippen LogP contribution in [0.15, 0.2) is 24.4 Å². The zero-order valence-electron chi connectivity index (χ0n) is 14.2. The predicted molar refractivity (Wildman–Crippen MR) is 91.7 cm³/mol. The number of nitrogens with one attached hydrogen (secondary N) is 1. The third-order valence-electron chi connectivity index (χ3n) is 5.06. The molecule has 1 saturated heterocycles. The normalized spacial score (nSPS) is 20.6. The Morgan fingerprint density at radius 3 is 2.88 bits per heavy atom. The van der Waals surface area contributed by atoms with Gasteiger partial charge < -0.3 is 10.2 Å². The number of carbonyl (C=O) groups is 2. The van der Waals surface area contributed by atoms with Gasteiger partial charge in [-0.25, -0.2) is 0 Å². The lowest BCUT2D eigenvalue weighted by Crippen LogP contribution is -2.46. The molecule has 0 unspecified atom stereocenters. The third kappa shape index (κ3) is 3.50. The molecule has 0 bridgehead atoms. The van der Waals surface area contributed by atoms with Crippen molar-refractivity contribution < 1.29 is 9.59 Å². The average molecular weight is 341 g/mol. The first-order chi connectivity index (χ1) is 12.2. The van der Waals surface area contributed by atoms with Crippen LogP contribution < -0.4 is 5.32 Å². The Labute approximate surface area is 146 Å². The van der Waals surface area contributed by atoms with Crippen LogP contribution in [0.3, 0.4) is 0 Å². The summed E-state index contributed by atoms with van der Waals surface area (Å²) >= 11 is 0. The number of aromatic nitrogens is 3. The number of nitrogens with zero attached hydrogens (tertiary/aromatic N) is 4. The average Bonchev–Trinajstić information content (AvgIpc) is 3.42. The fraction of sp³-hybridized carbons (Fsp3) is 0.556. The maximum absolute atomic E-state index is 12.5. The topological polar surface area (TPSA) is 79.6 Å². The highest BCUT2D eigenvalue weighted by Gasteiger charge is 2.36. The van der Waals surface area contributed by atoms with Crippen molar-refractivity contribution in [3.8, 4) is 0 Å². The minimum Gasteiger partial charge on any atom is -0.355 e. The fourth-order valence-electron chi connectivity index (χ4n) is 3.48. The maximum atomic E-state index is 12.5. The molecule has 2 aliphatic rings. The molecule has 0 aromatic carbocycles. The molecule has 1 saturated carbocycles. The number of piperidine rings is 1. The second kappa shape index (κ2) is 6.82. The molecule has 4 rings (SSSR count). The molecule has 1 N–H and O–H groups in total. The number of amides is 2. The van der Waals surface area contributed by atoms with Gasteiger partial charge in [-0.05, 0) is 37.8 Å². The van der Waals surface area contributed by atoms with Gasteiger partial charge in [-0.1, -0.05) is 6.07 Å². The van der Waals surface area contributed by atoms with Crippen LogP contribution in [0, 0.1) is 11.8 Å². The van der Waals surface area contributed by atoms with Crippen molar-refractivity contribution in [2.24, 2.45) is 11.8 Å². The molecule has 132 valence electrons. The maximum Gasteiger partial charge on any atom is 0.225 e. The molecule has 1 aliphatic carbocycles. The molecule has 2 aromatic rings. The van der Waals surface area contributed by atoms with Crippen molar-refractivity contribution in [3.63, 3.8) is 0 Å². The number of hydrogen-bond donors (Lipinski definition) is 1. The van der Waals surface area contributed by atoms with Crippen LogP contribution in [-0.2, 0) is 16.0 Å². The van der Waals surface area contributed by atoms with Crippen molar-refractivity contribution >= 4 is 17.5 Å². The van der Waals surface area contributed by atoms with Crippen LogP contribution in [-0.4, -0.2) is 50.9 Å². The molecule has 2 fully saturated rings. The zero-order valence-corrected chi connectivity index (χ0v) is 14.2. The van der Waals surface area contributed by atoms with E-state index in [2.05, 4.69) is 15.5 Å². The van der Waals surface area contributed by atoms with Crippen molar-refractivity contribution in [1.82, 2.24) is 24.8 Å². The standard InChI is InChI=1S/C18H23N5O2/c24-17(14-4-3-10-22(12-14)18(25)13-6-7-13)19-9-8-16-21-20-15-5-1-2-11-23(15)16/h1-2,5,11,13-14H,3-4,6-10,12H2,(H,19,24)/t14-/m0/s1. The summed E-state index contributed by atoms with van der Waals surface area (Å²) in [4.78, 5) is 26.5. The van der Waals surface area contributed by atoms with Crippen LogP contribution in [0.4, 0.5) is 0 Å². The summed E-state index contributed by atoms with van der Waals surface area (Å²) in [5.74, 6) is 1.26. The van der Waals surface area contributed by atoms with Crippen LogP contribution in [0.1, 0.15) is 31.5 Å². The second-order valence-corrected chi connectivity index (χ2v) is 6.98. The van der Waals surface area contributed by atoms with Gasteiger partial charge in [-0.2, -0.15) is 0 Å². The van der Waals surface area contributed by atoms with Gasteiger partial charge in [0.05, 0.1) is 5.92 Å². The quantitative estimate of drug-likeness (QED) is 0.881. The summed E-state index contributed by atoms with van der Waals surface area (Å²) in [5, 5.41) is 11.3. The molecule has 1 aliphatic heterocycles.